The number of methoxy groups -OCH3 is 1. The molecule has 0 saturated heterocycles. The molecular formula is C13H18O4. The molecule has 94 valence electrons. The van der Waals surface area contributed by atoms with Crippen LogP contribution in [0.1, 0.15) is 13.8 Å². The van der Waals surface area contributed by atoms with Gasteiger partial charge in [0.1, 0.15) is 18.1 Å². The molecule has 17 heavy (non-hydrogen) atoms. The molecule has 1 aromatic carbocycles. The lowest BCUT2D eigenvalue weighted by molar-refractivity contribution is -0.145. The van der Waals surface area contributed by atoms with E-state index in [4.69, 9.17) is 9.47 Å². The lowest BCUT2D eigenvalue weighted by atomic mass is 10.2. The first-order valence-corrected chi connectivity index (χ1v) is 5.60. The molecule has 1 unspecified atom stereocenters. The van der Waals surface area contributed by atoms with Crippen molar-refractivity contribution >= 4 is 5.97 Å². The van der Waals surface area contributed by atoms with E-state index in [2.05, 4.69) is 4.74 Å². The van der Waals surface area contributed by atoms with Gasteiger partial charge < -0.3 is 14.2 Å². The summed E-state index contributed by atoms with van der Waals surface area (Å²) in [6, 6.07) is 7.30. The van der Waals surface area contributed by atoms with Crippen molar-refractivity contribution < 1.29 is 19.0 Å². The molecule has 0 aliphatic rings. The van der Waals surface area contributed by atoms with E-state index in [0.717, 1.165) is 5.75 Å². The fourth-order valence-corrected chi connectivity index (χ4v) is 1.29. The van der Waals surface area contributed by atoms with Crippen molar-refractivity contribution in [3.05, 3.63) is 24.3 Å². The number of benzene rings is 1. The second-order valence-corrected chi connectivity index (χ2v) is 3.64. The quantitative estimate of drug-likeness (QED) is 0.713. The Kier molecular flexibility index (Phi) is 5.33. The van der Waals surface area contributed by atoms with Crippen molar-refractivity contribution in [2.24, 2.45) is 5.92 Å². The number of hydrogen-bond donors (Lipinski definition) is 0. The minimum atomic E-state index is -0.272. The van der Waals surface area contributed by atoms with Gasteiger partial charge in [-0.1, -0.05) is 0 Å². The van der Waals surface area contributed by atoms with Crippen LogP contribution < -0.4 is 9.47 Å². The third-order valence-corrected chi connectivity index (χ3v) is 2.24. The topological polar surface area (TPSA) is 44.8 Å². The lowest BCUT2D eigenvalue weighted by Gasteiger charge is -2.11. The van der Waals surface area contributed by atoms with Gasteiger partial charge in [0.2, 0.25) is 0 Å². The van der Waals surface area contributed by atoms with E-state index < -0.39 is 0 Å². The van der Waals surface area contributed by atoms with E-state index in [1.54, 1.807) is 6.92 Å². The first-order valence-electron chi connectivity index (χ1n) is 5.60. The van der Waals surface area contributed by atoms with Crippen LogP contribution in [0.3, 0.4) is 0 Å². The van der Waals surface area contributed by atoms with E-state index >= 15 is 0 Å². The SMILES string of the molecule is CCOc1ccc(OCC(C)C(=O)OC)cc1. The Bertz CT molecular complexity index is 345. The number of ether oxygens (including phenoxy) is 3. The largest absolute Gasteiger partial charge is 0.494 e. The molecule has 1 rings (SSSR count). The summed E-state index contributed by atoms with van der Waals surface area (Å²) in [6.07, 6.45) is 0. The monoisotopic (exact) mass is 238 g/mol. The highest BCUT2D eigenvalue weighted by Gasteiger charge is 2.13. The molecule has 0 heterocycles. The molecule has 0 aliphatic carbocycles. The summed E-state index contributed by atoms with van der Waals surface area (Å²) in [4.78, 5) is 11.2. The van der Waals surface area contributed by atoms with Crippen LogP contribution in [-0.2, 0) is 9.53 Å². The predicted molar refractivity (Wildman–Crippen MR) is 64.3 cm³/mol. The van der Waals surface area contributed by atoms with Crippen LogP contribution in [0.2, 0.25) is 0 Å². The Balaban J connectivity index is 2.44. The molecule has 0 aliphatic heterocycles. The van der Waals surface area contributed by atoms with Gasteiger partial charge >= 0.3 is 5.97 Å². The maximum absolute atomic E-state index is 11.2. The Labute approximate surface area is 101 Å². The Morgan fingerprint density at radius 2 is 1.71 bits per heavy atom. The van der Waals surface area contributed by atoms with Crippen LogP contribution in [0.25, 0.3) is 0 Å². The fourth-order valence-electron chi connectivity index (χ4n) is 1.29. The number of esters is 1. The molecule has 0 radical (unpaired) electrons. The third kappa shape index (κ3) is 4.34. The van der Waals surface area contributed by atoms with Gasteiger partial charge in [-0.2, -0.15) is 0 Å². The maximum Gasteiger partial charge on any atom is 0.311 e. The zero-order chi connectivity index (χ0) is 12.7. The van der Waals surface area contributed by atoms with Gasteiger partial charge in [0.25, 0.3) is 0 Å². The molecule has 0 N–H and O–H groups in total. The van der Waals surface area contributed by atoms with Crippen molar-refractivity contribution in [3.8, 4) is 11.5 Å². The summed E-state index contributed by atoms with van der Waals surface area (Å²) in [5.41, 5.74) is 0. The Morgan fingerprint density at radius 1 is 1.18 bits per heavy atom. The van der Waals surface area contributed by atoms with Gasteiger partial charge in [0.15, 0.2) is 0 Å². The van der Waals surface area contributed by atoms with Crippen LogP contribution >= 0.6 is 0 Å². The highest BCUT2D eigenvalue weighted by atomic mass is 16.5. The average molecular weight is 238 g/mol. The van der Waals surface area contributed by atoms with E-state index in [1.165, 1.54) is 7.11 Å². The normalized spacial score (nSPS) is 11.7. The third-order valence-electron chi connectivity index (χ3n) is 2.24. The maximum atomic E-state index is 11.2. The Morgan fingerprint density at radius 3 is 2.18 bits per heavy atom. The second-order valence-electron chi connectivity index (χ2n) is 3.64. The minimum absolute atomic E-state index is 0.268. The summed E-state index contributed by atoms with van der Waals surface area (Å²) in [6.45, 7) is 4.64. The minimum Gasteiger partial charge on any atom is -0.494 e. The van der Waals surface area contributed by atoms with Crippen LogP contribution in [0.4, 0.5) is 0 Å². The molecule has 0 saturated carbocycles. The van der Waals surface area contributed by atoms with E-state index in [9.17, 15) is 4.79 Å². The first kappa shape index (κ1) is 13.4. The standard InChI is InChI=1S/C13H18O4/c1-4-16-11-5-7-12(8-6-11)17-9-10(2)13(14)15-3/h5-8,10H,4,9H2,1-3H3. The summed E-state index contributed by atoms with van der Waals surface area (Å²) in [5, 5.41) is 0. The number of hydrogen-bond acceptors (Lipinski definition) is 4. The van der Waals surface area contributed by atoms with Crippen LogP contribution in [-0.4, -0.2) is 26.3 Å². The van der Waals surface area contributed by atoms with Crippen molar-refractivity contribution in [3.63, 3.8) is 0 Å². The van der Waals surface area contributed by atoms with E-state index in [1.807, 2.05) is 31.2 Å². The average Bonchev–Trinajstić information content (AvgIpc) is 2.37. The molecule has 0 aromatic heterocycles. The number of rotatable bonds is 6. The van der Waals surface area contributed by atoms with Crippen molar-refractivity contribution in [2.75, 3.05) is 20.3 Å². The zero-order valence-electron chi connectivity index (χ0n) is 10.4. The molecule has 1 atom stereocenters. The molecule has 4 heteroatoms. The molecule has 0 amide bonds. The number of carbonyl (C=O) groups excluding carboxylic acids is 1. The lowest BCUT2D eigenvalue weighted by Crippen LogP contribution is -2.19. The van der Waals surface area contributed by atoms with Crippen molar-refractivity contribution in [1.82, 2.24) is 0 Å². The summed E-state index contributed by atoms with van der Waals surface area (Å²) < 4.78 is 15.4. The highest BCUT2D eigenvalue weighted by Crippen LogP contribution is 2.18. The van der Waals surface area contributed by atoms with Crippen LogP contribution in [0.15, 0.2) is 24.3 Å². The molecule has 4 nitrogen and oxygen atoms in total. The highest BCUT2D eigenvalue weighted by molar-refractivity contribution is 5.71. The van der Waals surface area contributed by atoms with Crippen LogP contribution in [0.5, 0.6) is 11.5 Å². The van der Waals surface area contributed by atoms with Crippen molar-refractivity contribution in [1.29, 1.82) is 0 Å². The van der Waals surface area contributed by atoms with Gasteiger partial charge in [0.05, 0.1) is 19.6 Å². The van der Waals surface area contributed by atoms with Gasteiger partial charge in [-0.25, -0.2) is 0 Å². The van der Waals surface area contributed by atoms with Gasteiger partial charge in [0, 0.05) is 0 Å². The van der Waals surface area contributed by atoms with Gasteiger partial charge in [-0.05, 0) is 38.1 Å². The number of carbonyl (C=O) groups is 1. The smallest absolute Gasteiger partial charge is 0.311 e. The first-order chi connectivity index (χ1) is 8.17. The molecule has 0 spiro atoms. The molecular weight excluding hydrogens is 220 g/mol. The summed E-state index contributed by atoms with van der Waals surface area (Å²) in [7, 11) is 1.37. The predicted octanol–water partition coefficient (Wildman–Crippen LogP) is 2.27. The van der Waals surface area contributed by atoms with Gasteiger partial charge in [-0.3, -0.25) is 4.79 Å². The van der Waals surface area contributed by atoms with E-state index in [-0.39, 0.29) is 11.9 Å². The summed E-state index contributed by atoms with van der Waals surface area (Å²) >= 11 is 0. The second kappa shape index (κ2) is 6.78. The van der Waals surface area contributed by atoms with Crippen LogP contribution in [0, 0.1) is 5.92 Å². The molecule has 0 fully saturated rings. The zero-order valence-corrected chi connectivity index (χ0v) is 10.4. The molecule has 1 aromatic rings. The molecule has 0 bridgehead atoms. The fraction of sp³-hybridized carbons (Fsp3) is 0.462. The van der Waals surface area contributed by atoms with Gasteiger partial charge in [-0.15, -0.1) is 0 Å². The Hall–Kier alpha value is -1.71. The van der Waals surface area contributed by atoms with E-state index in [0.29, 0.717) is 19.0 Å². The summed E-state index contributed by atoms with van der Waals surface area (Å²) in [5.74, 6) is 0.979. The van der Waals surface area contributed by atoms with Crippen molar-refractivity contribution in [2.45, 2.75) is 13.8 Å².